The number of ether oxygens (including phenoxy) is 1. The predicted octanol–water partition coefficient (Wildman–Crippen LogP) is -3.42. The molecular weight excluding hydrogens is 447 g/mol. The Morgan fingerprint density at radius 1 is 1.50 bits per heavy atom. The average Bonchev–Trinajstić information content (AvgIpc) is 3.21. The number of rotatable bonds is 7. The molecule has 3 amide bonds. The van der Waals surface area contributed by atoms with Crippen LogP contribution in [0.1, 0.15) is 7.19 Å². The molecule has 3 heterocycles. The summed E-state index contributed by atoms with van der Waals surface area (Å²) in [5.74, 6) is -2.38. The van der Waals surface area contributed by atoms with Crippen LogP contribution in [0.2, 0.25) is 0 Å². The van der Waals surface area contributed by atoms with Gasteiger partial charge in [0.25, 0.3) is 11.8 Å². The number of hydrogen-bond donors (Lipinski definition) is 3. The number of hydrogen-bond acceptors (Lipinski definition) is 9. The number of thioether (sulfide) groups is 1. The number of carbonyl (C=O) groups excluding carboxylic acids is 3. The maximum atomic E-state index is 12.6. The number of carboxylic acid groups (broad SMARTS) is 1. The maximum absolute atomic E-state index is 12.6. The molecule has 2 atom stereocenters. The van der Waals surface area contributed by atoms with Gasteiger partial charge in [0.05, 0.1) is 6.26 Å². The summed E-state index contributed by atoms with van der Waals surface area (Å²) in [6.45, 7) is -0.347. The van der Waals surface area contributed by atoms with E-state index in [0.717, 1.165) is 4.90 Å². The van der Waals surface area contributed by atoms with Gasteiger partial charge >= 0.3 is 63.4 Å². The van der Waals surface area contributed by atoms with E-state index in [9.17, 15) is 24.3 Å². The van der Waals surface area contributed by atoms with Gasteiger partial charge in [0.2, 0.25) is 5.71 Å². The Labute approximate surface area is 218 Å². The summed E-state index contributed by atoms with van der Waals surface area (Å²) >= 11 is 1.21. The van der Waals surface area contributed by atoms with Crippen molar-refractivity contribution in [2.24, 2.45) is 10.9 Å². The van der Waals surface area contributed by atoms with E-state index in [1.807, 2.05) is 0 Å². The van der Waals surface area contributed by atoms with E-state index in [2.05, 4.69) is 20.0 Å². The van der Waals surface area contributed by atoms with E-state index in [-0.39, 0.29) is 87.9 Å². The van der Waals surface area contributed by atoms with Crippen molar-refractivity contribution in [2.75, 3.05) is 19.5 Å². The molecule has 2 aliphatic rings. The van der Waals surface area contributed by atoms with Gasteiger partial charge in [-0.25, -0.2) is 9.59 Å². The first-order chi connectivity index (χ1) is 13.8. The SMILES string of the molecule is CON=C(C(=O)N[C@@H]1C(=O)N2C(C(=O)O)=C(COC(N)=O)CS[C@H]12)c1ccco1.[H-].[K+]. The summed E-state index contributed by atoms with van der Waals surface area (Å²) in [7, 11) is 1.25. The van der Waals surface area contributed by atoms with Gasteiger partial charge in [-0.1, -0.05) is 5.16 Å². The van der Waals surface area contributed by atoms with Gasteiger partial charge in [0.1, 0.15) is 30.8 Å². The van der Waals surface area contributed by atoms with Gasteiger partial charge in [0, 0.05) is 11.3 Å². The Morgan fingerprint density at radius 2 is 2.23 bits per heavy atom. The maximum Gasteiger partial charge on any atom is 1.00 e. The van der Waals surface area contributed by atoms with E-state index in [1.165, 1.54) is 31.2 Å². The molecule has 0 aromatic carbocycles. The topological polar surface area (TPSA) is 174 Å². The number of amides is 3. The van der Waals surface area contributed by atoms with E-state index < -0.39 is 35.3 Å². The van der Waals surface area contributed by atoms with E-state index in [0.29, 0.717) is 0 Å². The summed E-state index contributed by atoms with van der Waals surface area (Å²) in [5, 5.41) is 15.0. The molecule has 1 fully saturated rings. The molecule has 2 aliphatic heterocycles. The van der Waals surface area contributed by atoms with Crippen LogP contribution in [0.4, 0.5) is 4.79 Å². The number of nitrogens with two attached hydrogens (primary N) is 1. The standard InChI is InChI=1S/C16H16N4O8S.K.H/c1-26-19-9(8-3-2-4-27-8)12(21)18-10-13(22)20-11(15(23)24)7(5-28-16(17)25)6-29-14(10)20;;/h2-4,10,14H,5-6H2,1H3,(H2,17,25)(H,18,21)(H,23,24);;/q;+1;-1/t10-,14-;;/m1../s1. The van der Waals surface area contributed by atoms with Crippen LogP contribution in [-0.2, 0) is 24.0 Å². The quantitative estimate of drug-likeness (QED) is 0.161. The number of nitrogens with zero attached hydrogens (tertiary/aromatic N) is 2. The summed E-state index contributed by atoms with van der Waals surface area (Å²) < 4.78 is 9.79. The fourth-order valence-electron chi connectivity index (χ4n) is 2.87. The smallest absolute Gasteiger partial charge is 1.00 e. The number of primary amides is 1. The Bertz CT molecular complexity index is 923. The number of carboxylic acids is 1. The molecule has 156 valence electrons. The van der Waals surface area contributed by atoms with Gasteiger partial charge in [0.15, 0.2) is 5.76 Å². The molecule has 0 spiro atoms. The molecule has 0 aliphatic carbocycles. The van der Waals surface area contributed by atoms with Crippen molar-refractivity contribution in [1.82, 2.24) is 10.2 Å². The summed E-state index contributed by atoms with van der Waals surface area (Å²) in [6.07, 6.45) is 0.290. The monoisotopic (exact) mass is 464 g/mol. The predicted molar refractivity (Wildman–Crippen MR) is 98.6 cm³/mol. The number of aliphatic carboxylic acids is 1. The second-order valence-electron chi connectivity index (χ2n) is 5.83. The van der Waals surface area contributed by atoms with Crippen molar-refractivity contribution in [2.45, 2.75) is 11.4 Å². The zero-order valence-corrected chi connectivity index (χ0v) is 19.9. The largest absolute Gasteiger partial charge is 1.00 e. The zero-order valence-electron chi connectivity index (χ0n) is 17.0. The van der Waals surface area contributed by atoms with E-state index in [4.69, 9.17) is 10.2 Å². The molecule has 3 rings (SSSR count). The number of β-lactam (4-membered cyclic amide) rings is 1. The van der Waals surface area contributed by atoms with Crippen molar-refractivity contribution in [1.29, 1.82) is 0 Å². The van der Waals surface area contributed by atoms with Gasteiger partial charge in [-0.05, 0) is 12.1 Å². The summed E-state index contributed by atoms with van der Waals surface area (Å²) in [6, 6.07) is 2.08. The van der Waals surface area contributed by atoms with E-state index in [1.54, 1.807) is 6.07 Å². The molecule has 30 heavy (non-hydrogen) atoms. The molecule has 0 unspecified atom stereocenters. The molecule has 0 saturated carbocycles. The Balaban J connectivity index is 0.00000240. The molecule has 1 aromatic rings. The zero-order chi connectivity index (χ0) is 21.1. The molecule has 0 radical (unpaired) electrons. The molecule has 1 aromatic heterocycles. The molecular formula is C16H17KN4O8S. The molecule has 4 N–H and O–H groups in total. The third kappa shape index (κ3) is 4.89. The second-order valence-corrected chi connectivity index (χ2v) is 6.93. The fourth-order valence-corrected chi connectivity index (χ4v) is 4.19. The van der Waals surface area contributed by atoms with Crippen molar-refractivity contribution >= 4 is 41.4 Å². The van der Waals surface area contributed by atoms with Crippen molar-refractivity contribution < 1.29 is 91.1 Å². The van der Waals surface area contributed by atoms with E-state index >= 15 is 0 Å². The first kappa shape index (κ1) is 24.4. The first-order valence-electron chi connectivity index (χ1n) is 8.13. The van der Waals surface area contributed by atoms with Gasteiger partial charge in [-0.3, -0.25) is 14.5 Å². The molecule has 12 nitrogen and oxygen atoms in total. The minimum Gasteiger partial charge on any atom is -1.00 e. The van der Waals surface area contributed by atoms with Gasteiger partial charge in [-0.2, -0.15) is 0 Å². The van der Waals surface area contributed by atoms with Crippen LogP contribution in [0.25, 0.3) is 0 Å². The number of nitrogens with one attached hydrogen (secondary N) is 1. The van der Waals surface area contributed by atoms with Crippen LogP contribution in [0.15, 0.2) is 39.2 Å². The molecule has 1 saturated heterocycles. The summed E-state index contributed by atoms with van der Waals surface area (Å²) in [5.41, 5.74) is 4.68. The number of fused-ring (bicyclic) bond motifs is 1. The van der Waals surface area contributed by atoms with Crippen molar-refractivity contribution in [3.63, 3.8) is 0 Å². The average molecular weight is 464 g/mol. The Kier molecular flexibility index (Phi) is 8.51. The van der Waals surface area contributed by atoms with Crippen LogP contribution in [0.5, 0.6) is 0 Å². The minimum atomic E-state index is -1.35. The first-order valence-corrected chi connectivity index (χ1v) is 9.18. The second kappa shape index (κ2) is 10.5. The summed E-state index contributed by atoms with van der Waals surface area (Å²) in [4.78, 5) is 53.3. The number of carbonyl (C=O) groups is 4. The van der Waals surface area contributed by atoms with Gasteiger partial charge in [-0.15, -0.1) is 11.8 Å². The van der Waals surface area contributed by atoms with Crippen LogP contribution in [0.3, 0.4) is 0 Å². The Hall–Kier alpha value is -1.84. The van der Waals surface area contributed by atoms with Crippen LogP contribution >= 0.6 is 11.8 Å². The van der Waals surface area contributed by atoms with Crippen LogP contribution in [0, 0.1) is 0 Å². The van der Waals surface area contributed by atoms with Crippen LogP contribution in [-0.4, -0.2) is 70.5 Å². The normalized spacial score (nSPS) is 20.5. The van der Waals surface area contributed by atoms with Crippen molar-refractivity contribution in [3.05, 3.63) is 35.4 Å². The number of furan rings is 1. The Morgan fingerprint density at radius 3 is 2.80 bits per heavy atom. The third-order valence-corrected chi connectivity index (χ3v) is 5.42. The number of oxime groups is 1. The fraction of sp³-hybridized carbons (Fsp3) is 0.312. The minimum absolute atomic E-state index is 0. The molecule has 0 bridgehead atoms. The third-order valence-electron chi connectivity index (χ3n) is 4.08. The van der Waals surface area contributed by atoms with Gasteiger partial charge < -0.3 is 31.6 Å². The van der Waals surface area contributed by atoms with Crippen molar-refractivity contribution in [3.8, 4) is 0 Å². The van der Waals surface area contributed by atoms with Crippen LogP contribution < -0.4 is 62.4 Å². The molecule has 14 heteroatoms.